The Morgan fingerprint density at radius 1 is 0.984 bits per heavy atom. The third kappa shape index (κ3) is 9.58. The lowest BCUT2D eigenvalue weighted by Gasteiger charge is -2.45. The lowest BCUT2D eigenvalue weighted by atomic mass is 9.70. The van der Waals surface area contributed by atoms with Gasteiger partial charge in [-0.1, -0.05) is 23.7 Å². The average molecular weight is 938 g/mol. The minimum absolute atomic E-state index is 0.0161. The summed E-state index contributed by atoms with van der Waals surface area (Å²) < 4.78 is 55.3. The zero-order chi connectivity index (χ0) is 42.9. The molecule has 27 heteroatoms. The van der Waals surface area contributed by atoms with Crippen molar-refractivity contribution in [1.29, 1.82) is 5.26 Å². The molecule has 1 aliphatic heterocycles. The van der Waals surface area contributed by atoms with Crippen molar-refractivity contribution in [1.82, 2.24) is 43.4 Å². The predicted octanol–water partition coefficient (Wildman–Crippen LogP) is 5.32. The van der Waals surface area contributed by atoms with E-state index in [1.807, 2.05) is 10.6 Å². The number of alkyl halides is 1. The fraction of sp³-hybridized carbons (Fsp3) is 0.441. The zero-order valence-electron chi connectivity index (χ0n) is 31.6. The van der Waals surface area contributed by atoms with Gasteiger partial charge in [-0.3, -0.25) is 19.1 Å². The van der Waals surface area contributed by atoms with Gasteiger partial charge < -0.3 is 41.9 Å². The van der Waals surface area contributed by atoms with Gasteiger partial charge in [0.1, 0.15) is 18.0 Å². The molecule has 61 heavy (non-hydrogen) atoms. The summed E-state index contributed by atoms with van der Waals surface area (Å²) in [5.41, 5.74) is 2.42. The van der Waals surface area contributed by atoms with E-state index in [1.165, 1.54) is 35.6 Å². The van der Waals surface area contributed by atoms with E-state index < -0.39 is 36.9 Å². The summed E-state index contributed by atoms with van der Waals surface area (Å²) in [7, 11) is 0. The Morgan fingerprint density at radius 2 is 1.72 bits per heavy atom. The molecule has 6 heterocycles. The highest BCUT2D eigenvalue weighted by Crippen LogP contribution is 2.53. The van der Waals surface area contributed by atoms with Crippen molar-refractivity contribution in [2.24, 2.45) is 11.8 Å². The minimum Gasteiger partial charge on any atom is -0.476 e. The van der Waals surface area contributed by atoms with Crippen molar-refractivity contribution in [3.05, 3.63) is 76.5 Å². The van der Waals surface area contributed by atoms with Crippen LogP contribution in [-0.2, 0) is 52.9 Å². The number of halogens is 2. The maximum atomic E-state index is 15.8. The van der Waals surface area contributed by atoms with E-state index in [0.29, 0.717) is 35.2 Å². The molecular weight excluding hydrogens is 903 g/mol. The third-order valence-corrected chi connectivity index (χ3v) is 13.8. The Kier molecular flexibility index (Phi) is 13.0. The summed E-state index contributed by atoms with van der Waals surface area (Å²) in [6, 6.07) is 7.77. The van der Waals surface area contributed by atoms with E-state index in [-0.39, 0.29) is 86.3 Å². The standard InChI is InChI=1S/C34H35ClFN11O10P2S2/c35-29-27-30(40-17-39-29)45(18-41-27)26-12-21(14-54-58(50,60)53-10-1-7-37)24(26)16-56-59(51,61)55-15-23-13-25(36)33(57-23)46-19-42-28-31(43-34-38-8-9-44(34)32(28)46)52-11-6-20-2-4-22(5-3-20)47(48)49/h2-5,8-9,17-19,21,23-26,33H,1,6,10-16H2,(H,50,60)(H,51,61)/t21-,23+,24-,25-,26-,33-,58?,59?/m1/s1. The molecule has 322 valence electrons. The number of rotatable bonds is 19. The van der Waals surface area contributed by atoms with Crippen molar-refractivity contribution in [2.75, 3.05) is 33.0 Å². The highest BCUT2D eigenvalue weighted by molar-refractivity contribution is 8.07. The first kappa shape index (κ1) is 43.4. The lowest BCUT2D eigenvalue weighted by molar-refractivity contribution is -0.384. The predicted molar refractivity (Wildman–Crippen MR) is 220 cm³/mol. The van der Waals surface area contributed by atoms with Gasteiger partial charge in [-0.15, -0.1) is 0 Å². The first-order chi connectivity index (χ1) is 29.3. The van der Waals surface area contributed by atoms with Crippen LogP contribution < -0.4 is 4.74 Å². The second-order valence-corrected chi connectivity index (χ2v) is 20.1. The molecule has 2 fully saturated rings. The van der Waals surface area contributed by atoms with Crippen LogP contribution in [0.2, 0.25) is 5.15 Å². The molecule has 2 aliphatic rings. The summed E-state index contributed by atoms with van der Waals surface area (Å²) in [4.78, 5) is 58.1. The number of hydrogen-bond acceptors (Lipinski definition) is 17. The van der Waals surface area contributed by atoms with E-state index in [0.717, 1.165) is 5.56 Å². The van der Waals surface area contributed by atoms with Gasteiger partial charge in [0, 0.05) is 49.3 Å². The van der Waals surface area contributed by atoms with Gasteiger partial charge in [0.2, 0.25) is 11.7 Å². The van der Waals surface area contributed by atoms with Crippen LogP contribution >= 0.6 is 25.0 Å². The number of nitro groups is 1. The summed E-state index contributed by atoms with van der Waals surface area (Å²) in [6.07, 6.45) is 4.86. The molecule has 2 unspecified atom stereocenters. The van der Waals surface area contributed by atoms with Crippen LogP contribution in [0.25, 0.3) is 28.1 Å². The van der Waals surface area contributed by atoms with Crippen LogP contribution in [0.15, 0.2) is 55.6 Å². The lowest BCUT2D eigenvalue weighted by Crippen LogP contribution is -2.43. The van der Waals surface area contributed by atoms with Gasteiger partial charge in [0.05, 0.1) is 69.2 Å². The van der Waals surface area contributed by atoms with Crippen molar-refractivity contribution < 1.29 is 46.7 Å². The number of benzene rings is 1. The monoisotopic (exact) mass is 937 g/mol. The Labute approximate surface area is 360 Å². The number of hydrogen-bond donors (Lipinski definition) is 2. The Bertz CT molecular complexity index is 2710. The largest absolute Gasteiger partial charge is 0.476 e. The van der Waals surface area contributed by atoms with E-state index in [1.54, 1.807) is 29.1 Å². The van der Waals surface area contributed by atoms with Crippen molar-refractivity contribution in [3.63, 3.8) is 0 Å². The fourth-order valence-electron chi connectivity index (χ4n) is 7.25. The second kappa shape index (κ2) is 18.3. The number of fused-ring (bicyclic) bond motifs is 4. The molecule has 1 saturated carbocycles. The first-order valence-electron chi connectivity index (χ1n) is 18.6. The molecule has 0 spiro atoms. The van der Waals surface area contributed by atoms with E-state index in [9.17, 15) is 19.9 Å². The van der Waals surface area contributed by atoms with E-state index in [2.05, 4.69) is 29.9 Å². The van der Waals surface area contributed by atoms with Gasteiger partial charge in [0.15, 0.2) is 28.2 Å². The summed E-state index contributed by atoms with van der Waals surface area (Å²) in [5, 5.41) is 20.0. The van der Waals surface area contributed by atoms with Crippen LogP contribution in [-0.4, -0.2) is 103 Å². The zero-order valence-corrected chi connectivity index (χ0v) is 35.7. The molecule has 8 rings (SSSR count). The molecule has 2 N–H and O–H groups in total. The van der Waals surface area contributed by atoms with Gasteiger partial charge in [-0.25, -0.2) is 29.3 Å². The number of nitro benzene ring substituents is 1. The van der Waals surface area contributed by atoms with Crippen LogP contribution in [0.5, 0.6) is 5.88 Å². The Hall–Kier alpha value is -4.21. The quantitative estimate of drug-likeness (QED) is 0.0343. The van der Waals surface area contributed by atoms with Crippen LogP contribution in [0.4, 0.5) is 10.1 Å². The maximum Gasteiger partial charge on any atom is 0.324 e. The molecule has 0 radical (unpaired) electrons. The number of nitrogens with zero attached hydrogens (tertiary/aromatic N) is 11. The van der Waals surface area contributed by atoms with Gasteiger partial charge in [-0.05, 0) is 41.5 Å². The van der Waals surface area contributed by atoms with E-state index >= 15 is 4.39 Å². The van der Waals surface area contributed by atoms with Crippen LogP contribution in [0, 0.1) is 33.3 Å². The Balaban J connectivity index is 0.910. The molecular formula is C34H35ClFN11O10P2S2. The number of aromatic nitrogens is 9. The van der Waals surface area contributed by atoms with Crippen molar-refractivity contribution in [3.8, 4) is 11.9 Å². The summed E-state index contributed by atoms with van der Waals surface area (Å²) >= 11 is 16.7. The molecule has 21 nitrogen and oxygen atoms in total. The molecule has 1 aliphatic carbocycles. The molecule has 6 aromatic rings. The molecule has 5 aromatic heterocycles. The first-order valence-corrected chi connectivity index (χ1v) is 24.2. The minimum atomic E-state index is -3.93. The van der Waals surface area contributed by atoms with Crippen LogP contribution in [0.3, 0.4) is 0 Å². The van der Waals surface area contributed by atoms with Gasteiger partial charge in [-0.2, -0.15) is 10.2 Å². The second-order valence-electron chi connectivity index (χ2n) is 14.0. The highest BCUT2D eigenvalue weighted by atomic mass is 35.5. The number of ether oxygens (including phenoxy) is 2. The normalized spacial score (nSPS) is 23.5. The van der Waals surface area contributed by atoms with Gasteiger partial charge in [0.25, 0.3) is 5.69 Å². The molecule has 0 bridgehead atoms. The average Bonchev–Trinajstić information content (AvgIpc) is 4.03. The molecule has 0 amide bonds. The molecule has 8 atom stereocenters. The number of non-ortho nitro benzene ring substituents is 1. The Morgan fingerprint density at radius 3 is 2.51 bits per heavy atom. The highest BCUT2D eigenvalue weighted by Gasteiger charge is 2.45. The number of nitriles is 1. The topological polar surface area (TPSA) is 254 Å². The molecule has 1 aromatic carbocycles. The summed E-state index contributed by atoms with van der Waals surface area (Å²) in [5.74, 6) is -0.191. The third-order valence-electron chi connectivity index (χ3n) is 10.3. The SMILES string of the molecule is N#CCCOP(O)(=S)OC[C@H]1C[C@@H](n2cnc3c(Cl)ncnc32)[C@@H]1COP(O)(=S)OC[C@@H]1C[C@@H](F)[C@H](n2cnc3c(OCCc4ccc([N+](=O)[O-])cc4)nc4nccn4c32)O1. The van der Waals surface area contributed by atoms with Crippen molar-refractivity contribution >= 4 is 82.4 Å². The maximum absolute atomic E-state index is 15.8. The van der Waals surface area contributed by atoms with Crippen molar-refractivity contribution in [2.45, 2.75) is 50.2 Å². The van der Waals surface area contributed by atoms with E-state index in [4.69, 9.17) is 68.0 Å². The number of imidazole rings is 3. The molecule has 1 saturated heterocycles. The summed E-state index contributed by atoms with van der Waals surface area (Å²) in [6.45, 7) is -7.89. The fourth-order valence-corrected chi connectivity index (χ4v) is 9.77. The van der Waals surface area contributed by atoms with Crippen LogP contribution in [0.1, 0.15) is 37.1 Å². The smallest absolute Gasteiger partial charge is 0.324 e. The van der Waals surface area contributed by atoms with Gasteiger partial charge >= 0.3 is 13.4 Å².